The van der Waals surface area contributed by atoms with E-state index in [4.69, 9.17) is 0 Å². The molecule has 16 heteroatoms. The van der Waals surface area contributed by atoms with Gasteiger partial charge in [-0.1, -0.05) is 30.3 Å². The normalized spacial score (nSPS) is 33.3. The van der Waals surface area contributed by atoms with Crippen LogP contribution in [0, 0.1) is 0 Å². The lowest BCUT2D eigenvalue weighted by Gasteiger charge is -2.49. The number of carbonyl (C=O) groups excluding carboxylic acids is 2. The second kappa shape index (κ2) is 7.72. The number of halogens is 12. The number of alkyl halides is 11. The van der Waals surface area contributed by atoms with Crippen molar-refractivity contribution in [3.63, 3.8) is 0 Å². The van der Waals surface area contributed by atoms with Gasteiger partial charge >= 0.3 is 36.0 Å². The third-order valence-corrected chi connectivity index (χ3v) is 5.03. The number of rotatable bonds is 3. The van der Waals surface area contributed by atoms with Gasteiger partial charge in [-0.15, -0.1) is 0 Å². The predicted octanol–water partition coefficient (Wildman–Crippen LogP) is 5.36. The summed E-state index contributed by atoms with van der Waals surface area (Å²) in [5, 5.41) is 0. The summed E-state index contributed by atoms with van der Waals surface area (Å²) in [6.45, 7) is 0. The molecule has 0 bridgehead atoms. The van der Waals surface area contributed by atoms with E-state index in [1.807, 2.05) is 0 Å². The minimum Gasteiger partial charge on any atom is -0.411 e. The molecule has 0 aromatic heterocycles. The van der Waals surface area contributed by atoms with Crippen LogP contribution in [0.25, 0.3) is 0 Å². The maximum absolute atomic E-state index is 15.8. The van der Waals surface area contributed by atoms with E-state index in [-0.39, 0.29) is 22.6 Å². The molecule has 0 N–H and O–H groups in total. The molecule has 2 rings (SSSR count). The Kier molecular flexibility index (Phi) is 6.30. The molecule has 1 aliphatic carbocycles. The summed E-state index contributed by atoms with van der Waals surface area (Å²) in [5.41, 5.74) is -6.51. The van der Waals surface area contributed by atoms with Gasteiger partial charge in [-0.05, 0) is 22.6 Å². The first-order valence-corrected chi connectivity index (χ1v) is 8.81. The molecule has 0 heterocycles. The van der Waals surface area contributed by atoms with Gasteiger partial charge in [-0.2, -0.15) is 35.1 Å². The van der Waals surface area contributed by atoms with Crippen molar-refractivity contribution in [2.75, 3.05) is 0 Å². The Hall–Kier alpha value is -2.14. The summed E-state index contributed by atoms with van der Waals surface area (Å²) < 4.78 is 153. The van der Waals surface area contributed by atoms with Crippen molar-refractivity contribution in [1.29, 1.82) is 0 Å². The van der Waals surface area contributed by atoms with E-state index in [1.165, 1.54) is 0 Å². The fourth-order valence-corrected chi connectivity index (χ4v) is 3.30. The van der Waals surface area contributed by atoms with Gasteiger partial charge in [0.1, 0.15) is 5.83 Å². The Labute approximate surface area is 183 Å². The van der Waals surface area contributed by atoms with Crippen molar-refractivity contribution in [2.24, 2.45) is 0 Å². The fourth-order valence-electron chi connectivity index (χ4n) is 2.57. The minimum atomic E-state index is -6.26. The summed E-state index contributed by atoms with van der Waals surface area (Å²) in [5.74, 6) is -22.1. The Balaban J connectivity index is 2.91. The van der Waals surface area contributed by atoms with Gasteiger partial charge in [-0.25, -0.2) is 22.8 Å². The van der Waals surface area contributed by atoms with Crippen LogP contribution in [0.3, 0.4) is 0 Å². The largest absolute Gasteiger partial charge is 0.491 e. The van der Waals surface area contributed by atoms with E-state index < -0.39 is 62.8 Å². The van der Waals surface area contributed by atoms with Crippen LogP contribution in [-0.2, 0) is 24.7 Å². The molecule has 1 aromatic carbocycles. The van der Waals surface area contributed by atoms with Crippen LogP contribution in [-0.4, -0.2) is 39.7 Å². The van der Waals surface area contributed by atoms with E-state index in [0.29, 0.717) is 12.1 Å². The summed E-state index contributed by atoms with van der Waals surface area (Å²) in [6.07, 6.45) is -13.3. The van der Waals surface area contributed by atoms with Gasteiger partial charge < -0.3 is 9.47 Å². The lowest BCUT2D eigenvalue weighted by Crippen LogP contribution is -2.72. The number of hydrogen-bond donors (Lipinski definition) is 0. The first-order chi connectivity index (χ1) is 14.2. The molecule has 0 spiro atoms. The van der Waals surface area contributed by atoms with Crippen LogP contribution >= 0.6 is 22.6 Å². The molecular formula is C16H6F11IO4. The summed E-state index contributed by atoms with van der Waals surface area (Å²) in [6, 6.07) is 3.43. The van der Waals surface area contributed by atoms with Gasteiger partial charge in [0, 0.05) is 11.6 Å². The number of carbonyl (C=O) groups is 2. The van der Waals surface area contributed by atoms with Gasteiger partial charge in [0.05, 0.1) is 0 Å². The molecule has 0 saturated carbocycles. The Bertz CT molecular complexity index is 946. The number of benzene rings is 1. The van der Waals surface area contributed by atoms with E-state index in [1.54, 1.807) is 0 Å². The molecule has 0 saturated heterocycles. The highest BCUT2D eigenvalue weighted by molar-refractivity contribution is 14.1. The van der Waals surface area contributed by atoms with Gasteiger partial charge in [-0.3, -0.25) is 0 Å². The zero-order valence-corrected chi connectivity index (χ0v) is 16.8. The quantitative estimate of drug-likeness (QED) is 0.204. The lowest BCUT2D eigenvalue weighted by molar-refractivity contribution is -0.375. The Morgan fingerprint density at radius 2 is 1.19 bits per heavy atom. The number of hydrogen-bond acceptors (Lipinski definition) is 4. The van der Waals surface area contributed by atoms with Crippen molar-refractivity contribution < 1.29 is 67.4 Å². The molecule has 32 heavy (non-hydrogen) atoms. The molecule has 4 nitrogen and oxygen atoms in total. The topological polar surface area (TPSA) is 52.6 Å². The van der Waals surface area contributed by atoms with E-state index in [0.717, 1.165) is 18.2 Å². The maximum Gasteiger partial charge on any atom is 0.491 e. The molecule has 178 valence electrons. The SMILES string of the molecule is O=C(OC1(F)C(F)(I)C=C(F)C(F)(c2ccccc2)C1(F)OC(=O)C(F)(F)F)C(F)(F)F. The van der Waals surface area contributed by atoms with Crippen molar-refractivity contribution >= 4 is 34.5 Å². The standard InChI is InChI=1S/C16H6F11IO4/c17-8-6-11(18,28)15(26,31-9(29)13(20,21)22)16(27,32-10(30)14(23,24)25)12(8,19)7-4-2-1-3-5-7/h1-6H. The highest BCUT2D eigenvalue weighted by Gasteiger charge is 2.85. The molecule has 4 atom stereocenters. The summed E-state index contributed by atoms with van der Waals surface area (Å²) in [4.78, 5) is 22.3. The highest BCUT2D eigenvalue weighted by Crippen LogP contribution is 2.64. The number of esters is 2. The predicted molar refractivity (Wildman–Crippen MR) is 88.3 cm³/mol. The Morgan fingerprint density at radius 1 is 0.781 bits per heavy atom. The molecule has 0 aliphatic heterocycles. The number of ether oxygens (including phenoxy) is 2. The Morgan fingerprint density at radius 3 is 1.59 bits per heavy atom. The first-order valence-electron chi connectivity index (χ1n) is 7.73. The van der Waals surface area contributed by atoms with Gasteiger partial charge in [0.25, 0.3) is 9.34 Å². The molecule has 4 unspecified atom stereocenters. The summed E-state index contributed by atoms with van der Waals surface area (Å²) >= 11 is -0.00641. The second-order valence-electron chi connectivity index (χ2n) is 6.10. The maximum atomic E-state index is 15.8. The molecule has 0 fully saturated rings. The van der Waals surface area contributed by atoms with E-state index >= 15 is 13.2 Å². The van der Waals surface area contributed by atoms with Crippen LogP contribution in [0.4, 0.5) is 48.3 Å². The van der Waals surface area contributed by atoms with Crippen molar-refractivity contribution in [3.8, 4) is 0 Å². The third-order valence-electron chi connectivity index (χ3n) is 4.02. The average Bonchev–Trinajstić information content (AvgIpc) is 2.64. The smallest absolute Gasteiger partial charge is 0.411 e. The zero-order chi connectivity index (χ0) is 25.0. The molecular weight excluding hydrogens is 592 g/mol. The summed E-state index contributed by atoms with van der Waals surface area (Å²) in [7, 11) is 0. The third kappa shape index (κ3) is 3.89. The lowest BCUT2D eigenvalue weighted by atomic mass is 9.76. The zero-order valence-electron chi connectivity index (χ0n) is 14.6. The van der Waals surface area contributed by atoms with Crippen LogP contribution < -0.4 is 0 Å². The van der Waals surface area contributed by atoms with Crippen molar-refractivity contribution in [3.05, 3.63) is 47.8 Å². The molecule has 1 aliphatic rings. The molecule has 0 amide bonds. The monoisotopic (exact) mass is 598 g/mol. The van der Waals surface area contributed by atoms with Crippen molar-refractivity contribution in [2.45, 2.75) is 33.4 Å². The van der Waals surface area contributed by atoms with Crippen LogP contribution in [0.15, 0.2) is 42.2 Å². The van der Waals surface area contributed by atoms with Crippen LogP contribution in [0.5, 0.6) is 0 Å². The van der Waals surface area contributed by atoms with E-state index in [9.17, 15) is 44.7 Å². The van der Waals surface area contributed by atoms with Gasteiger partial charge in [0.15, 0.2) is 0 Å². The highest BCUT2D eigenvalue weighted by atomic mass is 127. The molecule has 1 aromatic rings. The minimum absolute atomic E-state index is 0.00641. The average molecular weight is 598 g/mol. The van der Waals surface area contributed by atoms with Crippen LogP contribution in [0.2, 0.25) is 0 Å². The first kappa shape index (κ1) is 26.1. The van der Waals surface area contributed by atoms with Crippen molar-refractivity contribution in [1.82, 2.24) is 0 Å². The molecule has 0 radical (unpaired) electrons. The second-order valence-corrected chi connectivity index (χ2v) is 7.67. The van der Waals surface area contributed by atoms with Gasteiger partial charge in [0.2, 0.25) is 0 Å². The van der Waals surface area contributed by atoms with Crippen LogP contribution in [0.1, 0.15) is 5.56 Å². The fraction of sp³-hybridized carbons (Fsp3) is 0.375. The van der Waals surface area contributed by atoms with E-state index in [2.05, 4.69) is 9.47 Å².